The van der Waals surface area contributed by atoms with Gasteiger partial charge < -0.3 is 5.73 Å². The number of ketones is 1. The molecule has 0 aliphatic heterocycles. The van der Waals surface area contributed by atoms with Crippen LogP contribution in [0.4, 0.5) is 11.5 Å². The summed E-state index contributed by atoms with van der Waals surface area (Å²) in [5.41, 5.74) is 6.49. The number of nitrogens with two attached hydrogens (primary N) is 1. The zero-order chi connectivity index (χ0) is 16.3. The molecule has 0 bridgehead atoms. The predicted octanol–water partition coefficient (Wildman–Crippen LogP) is 2.04. The van der Waals surface area contributed by atoms with Gasteiger partial charge in [-0.2, -0.15) is 0 Å². The number of nitrogen functional groups attached to an aromatic ring is 1. The fourth-order valence-corrected chi connectivity index (χ4v) is 2.34. The van der Waals surface area contributed by atoms with Crippen molar-refractivity contribution in [3.63, 3.8) is 0 Å². The van der Waals surface area contributed by atoms with E-state index in [0.717, 1.165) is 0 Å². The molecule has 2 aromatic rings. The van der Waals surface area contributed by atoms with E-state index in [0.29, 0.717) is 5.56 Å². The minimum absolute atomic E-state index is 0.0320. The van der Waals surface area contributed by atoms with Crippen LogP contribution in [0, 0.1) is 0 Å². The minimum Gasteiger partial charge on any atom is -0.396 e. The number of hydrogen-bond donors (Lipinski definition) is 2. The third kappa shape index (κ3) is 3.43. The summed E-state index contributed by atoms with van der Waals surface area (Å²) in [7, 11) is -3.58. The highest BCUT2D eigenvalue weighted by molar-refractivity contribution is 7.93. The molecule has 1 aromatic carbocycles. The van der Waals surface area contributed by atoms with E-state index < -0.39 is 15.3 Å². The Hall–Kier alpha value is -2.41. The zero-order valence-corrected chi connectivity index (χ0v) is 13.1. The summed E-state index contributed by atoms with van der Waals surface area (Å²) in [6.07, 6.45) is 0. The molecule has 0 aliphatic rings. The van der Waals surface area contributed by atoms with Gasteiger partial charge in [0.05, 0.1) is 10.9 Å². The van der Waals surface area contributed by atoms with Crippen LogP contribution in [0.5, 0.6) is 0 Å². The van der Waals surface area contributed by atoms with Crippen molar-refractivity contribution in [2.75, 3.05) is 10.5 Å². The van der Waals surface area contributed by atoms with E-state index in [-0.39, 0.29) is 23.0 Å². The van der Waals surface area contributed by atoms with E-state index in [1.165, 1.54) is 26.0 Å². The van der Waals surface area contributed by atoms with Crippen molar-refractivity contribution in [3.05, 3.63) is 53.7 Å². The first-order chi connectivity index (χ1) is 10.3. The molecular formula is C15H17N3O3S. The highest BCUT2D eigenvalue weighted by Crippen LogP contribution is 2.20. The average Bonchev–Trinajstić information content (AvgIpc) is 2.49. The van der Waals surface area contributed by atoms with Crippen molar-refractivity contribution in [2.24, 2.45) is 0 Å². The molecule has 0 amide bonds. The van der Waals surface area contributed by atoms with Gasteiger partial charge >= 0.3 is 0 Å². The van der Waals surface area contributed by atoms with Gasteiger partial charge in [-0.3, -0.25) is 9.52 Å². The van der Waals surface area contributed by atoms with Gasteiger partial charge in [0, 0.05) is 5.56 Å². The third-order valence-corrected chi connectivity index (χ3v) is 4.77. The number of nitrogens with one attached hydrogen (secondary N) is 1. The Morgan fingerprint density at radius 2 is 1.77 bits per heavy atom. The number of rotatable bonds is 5. The fourth-order valence-electron chi connectivity index (χ4n) is 1.67. The van der Waals surface area contributed by atoms with Crippen LogP contribution in [0.25, 0.3) is 0 Å². The topological polar surface area (TPSA) is 102 Å². The lowest BCUT2D eigenvalue weighted by Crippen LogP contribution is -2.24. The van der Waals surface area contributed by atoms with Gasteiger partial charge in [0.2, 0.25) is 15.8 Å². The van der Waals surface area contributed by atoms with Crippen LogP contribution in [-0.2, 0) is 10.0 Å². The number of hydrogen-bond acceptors (Lipinski definition) is 5. The second kappa shape index (κ2) is 6.15. The van der Waals surface area contributed by atoms with Crippen LogP contribution in [-0.4, -0.2) is 24.4 Å². The maximum Gasteiger partial charge on any atom is 0.236 e. The van der Waals surface area contributed by atoms with Gasteiger partial charge in [-0.25, -0.2) is 13.4 Å². The largest absolute Gasteiger partial charge is 0.396 e. The van der Waals surface area contributed by atoms with E-state index in [4.69, 9.17) is 5.73 Å². The Balaban J connectivity index is 2.37. The molecule has 1 aromatic heterocycles. The van der Waals surface area contributed by atoms with Crippen molar-refractivity contribution < 1.29 is 13.2 Å². The minimum atomic E-state index is -3.58. The van der Waals surface area contributed by atoms with Crippen molar-refractivity contribution in [1.29, 1.82) is 0 Å². The Bertz CT molecular complexity index is 787. The third-order valence-electron chi connectivity index (χ3n) is 3.05. The molecule has 0 spiro atoms. The molecule has 2 rings (SSSR count). The lowest BCUT2D eigenvalue weighted by atomic mass is 10.1. The lowest BCUT2D eigenvalue weighted by Gasteiger charge is -2.12. The molecule has 0 saturated carbocycles. The quantitative estimate of drug-likeness (QED) is 0.821. The molecule has 116 valence electrons. The maximum atomic E-state index is 12.3. The summed E-state index contributed by atoms with van der Waals surface area (Å²) in [5.74, 6) is -0.332. The van der Waals surface area contributed by atoms with Gasteiger partial charge in [0.25, 0.3) is 0 Å². The van der Waals surface area contributed by atoms with Crippen LogP contribution in [0.2, 0.25) is 0 Å². The number of pyridine rings is 1. The fraction of sp³-hybridized carbons (Fsp3) is 0.200. The van der Waals surface area contributed by atoms with Gasteiger partial charge in [-0.05, 0) is 26.0 Å². The molecular weight excluding hydrogens is 302 g/mol. The van der Waals surface area contributed by atoms with Crippen LogP contribution >= 0.6 is 0 Å². The van der Waals surface area contributed by atoms with Crippen LogP contribution in [0.3, 0.4) is 0 Å². The monoisotopic (exact) mass is 319 g/mol. The molecule has 0 saturated heterocycles. The van der Waals surface area contributed by atoms with Gasteiger partial charge in [0.1, 0.15) is 5.69 Å². The number of benzene rings is 1. The summed E-state index contributed by atoms with van der Waals surface area (Å²) in [6.45, 7) is 3.08. The van der Waals surface area contributed by atoms with Crippen LogP contribution in [0.1, 0.15) is 29.9 Å². The molecule has 1 heterocycles. The van der Waals surface area contributed by atoms with E-state index in [9.17, 15) is 13.2 Å². The Kier molecular flexibility index (Phi) is 4.46. The second-order valence-corrected chi connectivity index (χ2v) is 7.26. The number of sulfonamides is 1. The predicted molar refractivity (Wildman–Crippen MR) is 86.2 cm³/mol. The first kappa shape index (κ1) is 16.0. The van der Waals surface area contributed by atoms with Gasteiger partial charge in [-0.15, -0.1) is 0 Å². The van der Waals surface area contributed by atoms with Gasteiger partial charge in [-0.1, -0.05) is 30.3 Å². The summed E-state index contributed by atoms with van der Waals surface area (Å²) < 4.78 is 26.1. The molecule has 0 atom stereocenters. The standard InChI is InChI=1S/C15H17N3O3S/c1-10(2)22(20,21)18-15-12(16)8-9-13(17-15)14(19)11-6-4-3-5-7-11/h3-10H,16H2,1-2H3,(H,17,18). The summed E-state index contributed by atoms with van der Waals surface area (Å²) in [4.78, 5) is 16.4. The molecule has 6 nitrogen and oxygen atoms in total. The normalized spacial score (nSPS) is 11.4. The van der Waals surface area contributed by atoms with E-state index >= 15 is 0 Å². The van der Waals surface area contributed by atoms with Crippen LogP contribution < -0.4 is 10.5 Å². The Morgan fingerprint density at radius 3 is 2.36 bits per heavy atom. The van der Waals surface area contributed by atoms with Gasteiger partial charge in [0.15, 0.2) is 5.82 Å². The van der Waals surface area contributed by atoms with E-state index in [1.807, 2.05) is 0 Å². The Labute approximate surface area is 129 Å². The summed E-state index contributed by atoms with van der Waals surface area (Å²) in [5, 5.41) is -0.637. The van der Waals surface area contributed by atoms with E-state index in [1.54, 1.807) is 30.3 Å². The smallest absolute Gasteiger partial charge is 0.236 e. The van der Waals surface area contributed by atoms with E-state index in [2.05, 4.69) is 9.71 Å². The zero-order valence-electron chi connectivity index (χ0n) is 12.3. The number of carbonyl (C=O) groups excluding carboxylic acids is 1. The Morgan fingerprint density at radius 1 is 1.14 bits per heavy atom. The highest BCUT2D eigenvalue weighted by atomic mass is 32.2. The van der Waals surface area contributed by atoms with Crippen molar-refractivity contribution >= 4 is 27.3 Å². The SMILES string of the molecule is CC(C)S(=O)(=O)Nc1nc(C(=O)c2ccccc2)ccc1N. The number of anilines is 2. The molecule has 7 heteroatoms. The lowest BCUT2D eigenvalue weighted by molar-refractivity contribution is 0.103. The van der Waals surface area contributed by atoms with Crippen molar-refractivity contribution in [3.8, 4) is 0 Å². The maximum absolute atomic E-state index is 12.3. The molecule has 0 radical (unpaired) electrons. The summed E-state index contributed by atoms with van der Waals surface area (Å²) >= 11 is 0. The first-order valence-corrected chi connectivity index (χ1v) is 8.24. The first-order valence-electron chi connectivity index (χ1n) is 6.69. The molecule has 0 aliphatic carbocycles. The highest BCUT2D eigenvalue weighted by Gasteiger charge is 2.19. The molecule has 0 fully saturated rings. The molecule has 22 heavy (non-hydrogen) atoms. The van der Waals surface area contributed by atoms with Crippen molar-refractivity contribution in [2.45, 2.75) is 19.1 Å². The second-order valence-electron chi connectivity index (χ2n) is 5.03. The number of aromatic nitrogens is 1. The number of carbonyl (C=O) groups is 1. The summed E-state index contributed by atoms with van der Waals surface area (Å²) in [6, 6.07) is 11.5. The number of nitrogens with zero attached hydrogens (tertiary/aromatic N) is 1. The molecule has 0 unspecified atom stereocenters. The molecule has 3 N–H and O–H groups in total. The average molecular weight is 319 g/mol. The van der Waals surface area contributed by atoms with Crippen molar-refractivity contribution in [1.82, 2.24) is 4.98 Å². The van der Waals surface area contributed by atoms with Crippen LogP contribution in [0.15, 0.2) is 42.5 Å².